The van der Waals surface area contributed by atoms with E-state index in [9.17, 15) is 18.4 Å². The van der Waals surface area contributed by atoms with Crippen LogP contribution >= 0.6 is 0 Å². The summed E-state index contributed by atoms with van der Waals surface area (Å²) in [6.45, 7) is -0.0959. The molecule has 0 fully saturated rings. The molecule has 6 heteroatoms. The van der Waals surface area contributed by atoms with Crippen LogP contribution in [0, 0.1) is 11.6 Å². The van der Waals surface area contributed by atoms with Crippen molar-refractivity contribution in [2.75, 3.05) is 11.5 Å². The number of hydrogen-bond donors (Lipinski definition) is 0. The number of hydrogen-bond acceptors (Lipinski definition) is 3. The minimum atomic E-state index is -0.705. The summed E-state index contributed by atoms with van der Waals surface area (Å²) in [5.41, 5.74) is 1.21. The highest BCUT2D eigenvalue weighted by Gasteiger charge is 2.43. The Morgan fingerprint density at radius 2 is 1.84 bits per heavy atom. The van der Waals surface area contributed by atoms with Gasteiger partial charge in [0.05, 0.1) is 17.0 Å². The molecule has 126 valence electrons. The predicted octanol–water partition coefficient (Wildman–Crippen LogP) is 3.30. The molecule has 4 nitrogen and oxygen atoms in total. The second-order valence-electron chi connectivity index (χ2n) is 5.92. The fourth-order valence-corrected chi connectivity index (χ4v) is 3.39. The lowest BCUT2D eigenvalue weighted by Crippen LogP contribution is -2.37. The Hall–Kier alpha value is -3.02. The van der Waals surface area contributed by atoms with Crippen LogP contribution in [0.5, 0.6) is 0 Å². The fraction of sp³-hybridized carbons (Fsp3) is 0.158. The molecule has 2 aromatic carbocycles. The first-order valence-electron chi connectivity index (χ1n) is 7.79. The van der Waals surface area contributed by atoms with Gasteiger partial charge in [0.15, 0.2) is 0 Å². The maximum absolute atomic E-state index is 14.2. The van der Waals surface area contributed by atoms with Gasteiger partial charge in [0.2, 0.25) is 5.91 Å². The van der Waals surface area contributed by atoms with Crippen molar-refractivity contribution < 1.29 is 23.1 Å². The standard InChI is InChI=1S/C19H13F2NO3/c20-11-4-3-5-12(8-11)22-16-10-25-19(24)18(16)14(9-17(22)23)13-6-1-2-7-15(13)21/h1-8,14H,9-10H2. The van der Waals surface area contributed by atoms with Gasteiger partial charge in [0.25, 0.3) is 0 Å². The van der Waals surface area contributed by atoms with E-state index in [1.807, 2.05) is 0 Å². The SMILES string of the molecule is O=C1OCC2=C1C(c1ccccc1F)CC(=O)N2c1cccc(F)c1. The zero-order valence-corrected chi connectivity index (χ0v) is 13.0. The fourth-order valence-electron chi connectivity index (χ4n) is 3.39. The van der Waals surface area contributed by atoms with Crippen molar-refractivity contribution in [3.63, 3.8) is 0 Å². The number of amides is 1. The second kappa shape index (κ2) is 5.81. The number of nitrogens with zero attached hydrogens (tertiary/aromatic N) is 1. The molecular weight excluding hydrogens is 328 g/mol. The van der Waals surface area contributed by atoms with Gasteiger partial charge >= 0.3 is 5.97 Å². The highest BCUT2D eigenvalue weighted by Crippen LogP contribution is 2.42. The number of rotatable bonds is 2. The maximum atomic E-state index is 14.2. The summed E-state index contributed by atoms with van der Waals surface area (Å²) in [6, 6.07) is 11.6. The quantitative estimate of drug-likeness (QED) is 0.788. The first-order valence-corrected chi connectivity index (χ1v) is 7.79. The normalized spacial score (nSPS) is 19.9. The lowest BCUT2D eigenvalue weighted by molar-refractivity contribution is -0.136. The van der Waals surface area contributed by atoms with Crippen LogP contribution < -0.4 is 4.90 Å². The average Bonchev–Trinajstić information content (AvgIpc) is 2.96. The molecule has 2 aromatic rings. The third-order valence-corrected chi connectivity index (χ3v) is 4.46. The second-order valence-corrected chi connectivity index (χ2v) is 5.92. The van der Waals surface area contributed by atoms with E-state index in [1.54, 1.807) is 24.3 Å². The number of carbonyl (C=O) groups is 2. The van der Waals surface area contributed by atoms with Crippen LogP contribution in [0.25, 0.3) is 0 Å². The van der Waals surface area contributed by atoms with Crippen LogP contribution in [0.2, 0.25) is 0 Å². The molecule has 2 aliphatic heterocycles. The Kier molecular flexibility index (Phi) is 3.60. The average molecular weight is 341 g/mol. The number of cyclic esters (lactones) is 1. The van der Waals surface area contributed by atoms with Gasteiger partial charge in [0.1, 0.15) is 18.2 Å². The van der Waals surface area contributed by atoms with Crippen molar-refractivity contribution in [3.8, 4) is 0 Å². The molecule has 0 bridgehead atoms. The smallest absolute Gasteiger partial charge is 0.336 e. The molecule has 1 atom stereocenters. The van der Waals surface area contributed by atoms with Gasteiger partial charge in [-0.05, 0) is 29.8 Å². The molecule has 2 heterocycles. The van der Waals surface area contributed by atoms with Crippen LogP contribution in [0.15, 0.2) is 59.8 Å². The van der Waals surface area contributed by atoms with Crippen molar-refractivity contribution in [2.24, 2.45) is 0 Å². The molecular formula is C19H13F2NO3. The molecule has 0 radical (unpaired) electrons. The van der Waals surface area contributed by atoms with Crippen LogP contribution in [0.1, 0.15) is 17.9 Å². The molecule has 0 spiro atoms. The van der Waals surface area contributed by atoms with Crippen LogP contribution in [0.4, 0.5) is 14.5 Å². The minimum absolute atomic E-state index is 0.0919. The van der Waals surface area contributed by atoms with E-state index in [-0.39, 0.29) is 30.1 Å². The number of esters is 1. The van der Waals surface area contributed by atoms with Gasteiger partial charge in [-0.2, -0.15) is 0 Å². The monoisotopic (exact) mass is 341 g/mol. The van der Waals surface area contributed by atoms with Crippen LogP contribution in [-0.2, 0) is 14.3 Å². The van der Waals surface area contributed by atoms with E-state index < -0.39 is 23.5 Å². The van der Waals surface area contributed by atoms with Crippen molar-refractivity contribution >= 4 is 17.6 Å². The molecule has 0 saturated carbocycles. The summed E-state index contributed by atoms with van der Waals surface area (Å²) in [4.78, 5) is 26.3. The minimum Gasteiger partial charge on any atom is -0.456 e. The van der Waals surface area contributed by atoms with E-state index in [2.05, 4.69) is 0 Å². The number of ether oxygens (including phenoxy) is 1. The summed E-state index contributed by atoms with van der Waals surface area (Å²) in [7, 11) is 0. The van der Waals surface area contributed by atoms with E-state index >= 15 is 0 Å². The summed E-state index contributed by atoms with van der Waals surface area (Å²) >= 11 is 0. The third-order valence-electron chi connectivity index (χ3n) is 4.46. The van der Waals surface area contributed by atoms with E-state index in [0.717, 1.165) is 0 Å². The topological polar surface area (TPSA) is 46.6 Å². The first kappa shape index (κ1) is 15.5. The van der Waals surface area contributed by atoms with E-state index in [0.29, 0.717) is 11.4 Å². The summed E-state index contributed by atoms with van der Waals surface area (Å²) in [5, 5.41) is 0. The molecule has 2 aliphatic rings. The summed E-state index contributed by atoms with van der Waals surface area (Å²) in [6.07, 6.45) is -0.0919. The highest BCUT2D eigenvalue weighted by molar-refractivity contribution is 6.06. The van der Waals surface area contributed by atoms with Gasteiger partial charge in [-0.1, -0.05) is 24.3 Å². The zero-order chi connectivity index (χ0) is 17.6. The lowest BCUT2D eigenvalue weighted by Gasteiger charge is -2.31. The highest BCUT2D eigenvalue weighted by atomic mass is 19.1. The predicted molar refractivity (Wildman–Crippen MR) is 85.6 cm³/mol. The number of carbonyl (C=O) groups excluding carboxylic acids is 2. The van der Waals surface area contributed by atoms with Gasteiger partial charge < -0.3 is 4.74 Å². The summed E-state index contributed by atoms with van der Waals surface area (Å²) < 4.78 is 32.9. The summed E-state index contributed by atoms with van der Waals surface area (Å²) in [5.74, 6) is -2.59. The molecule has 0 N–H and O–H groups in total. The zero-order valence-electron chi connectivity index (χ0n) is 13.0. The molecule has 1 unspecified atom stereocenters. The van der Waals surface area contributed by atoms with Gasteiger partial charge in [0, 0.05) is 12.3 Å². The van der Waals surface area contributed by atoms with Crippen molar-refractivity contribution in [3.05, 3.63) is 77.0 Å². The Morgan fingerprint density at radius 3 is 2.60 bits per heavy atom. The molecule has 1 amide bonds. The Bertz CT molecular complexity index is 922. The van der Waals surface area contributed by atoms with Crippen molar-refractivity contribution in [1.29, 1.82) is 0 Å². The number of anilines is 1. The van der Waals surface area contributed by atoms with Crippen LogP contribution in [0.3, 0.4) is 0 Å². The van der Waals surface area contributed by atoms with Gasteiger partial charge in [-0.25, -0.2) is 13.6 Å². The molecule has 25 heavy (non-hydrogen) atoms. The Morgan fingerprint density at radius 1 is 1.04 bits per heavy atom. The maximum Gasteiger partial charge on any atom is 0.336 e. The molecule has 0 aromatic heterocycles. The Balaban J connectivity index is 1.86. The number of halogens is 2. The molecule has 0 aliphatic carbocycles. The van der Waals surface area contributed by atoms with Crippen molar-refractivity contribution in [1.82, 2.24) is 0 Å². The first-order chi connectivity index (χ1) is 12.1. The number of benzene rings is 2. The molecule has 4 rings (SSSR count). The lowest BCUT2D eigenvalue weighted by atomic mass is 9.84. The van der Waals surface area contributed by atoms with Crippen LogP contribution in [-0.4, -0.2) is 18.5 Å². The largest absolute Gasteiger partial charge is 0.456 e. The Labute approximate surface area is 142 Å². The molecule has 0 saturated heterocycles. The van der Waals surface area contributed by atoms with Gasteiger partial charge in [-0.15, -0.1) is 0 Å². The van der Waals surface area contributed by atoms with Gasteiger partial charge in [-0.3, -0.25) is 9.69 Å². The van der Waals surface area contributed by atoms with E-state index in [1.165, 1.54) is 29.2 Å². The van der Waals surface area contributed by atoms with Crippen molar-refractivity contribution in [2.45, 2.75) is 12.3 Å². The van der Waals surface area contributed by atoms with E-state index in [4.69, 9.17) is 4.74 Å². The third kappa shape index (κ3) is 2.50.